The van der Waals surface area contributed by atoms with Crippen molar-refractivity contribution in [2.45, 2.75) is 52.2 Å². The van der Waals surface area contributed by atoms with Gasteiger partial charge >= 0.3 is 12.1 Å². The zero-order chi connectivity index (χ0) is 28.7. The van der Waals surface area contributed by atoms with Crippen molar-refractivity contribution >= 4 is 46.4 Å². The molecule has 0 radical (unpaired) electrons. The largest absolute Gasteiger partial charge is 0.496 e. The molecule has 1 aliphatic rings. The third-order valence-electron chi connectivity index (χ3n) is 5.96. The van der Waals surface area contributed by atoms with Crippen LogP contribution < -0.4 is 10.1 Å². The SMILES string of the molecule is CCOC(=O)N1CCN(C(=O)C(CCC(=O)OC(C)(C)C)NC(=O)c2cc(OC)c3ccc(Cl)cc3n2)CC1. The first-order valence-electron chi connectivity index (χ1n) is 12.8. The number of hydrogen-bond donors (Lipinski definition) is 1. The normalized spacial score (nSPS) is 14.5. The van der Waals surface area contributed by atoms with E-state index >= 15 is 0 Å². The van der Waals surface area contributed by atoms with Gasteiger partial charge in [0, 0.05) is 49.1 Å². The van der Waals surface area contributed by atoms with Crippen molar-refractivity contribution in [3.63, 3.8) is 0 Å². The van der Waals surface area contributed by atoms with Gasteiger partial charge in [0.15, 0.2) is 0 Å². The van der Waals surface area contributed by atoms with E-state index in [0.29, 0.717) is 34.8 Å². The fourth-order valence-corrected chi connectivity index (χ4v) is 4.31. The van der Waals surface area contributed by atoms with E-state index in [-0.39, 0.29) is 44.1 Å². The molecule has 0 saturated carbocycles. The number of nitrogens with one attached hydrogen (secondary N) is 1. The lowest BCUT2D eigenvalue weighted by Gasteiger charge is -2.36. The van der Waals surface area contributed by atoms with Crippen LogP contribution in [-0.4, -0.2) is 90.2 Å². The van der Waals surface area contributed by atoms with Crippen molar-refractivity contribution < 1.29 is 33.4 Å². The Morgan fingerprint density at radius 3 is 2.36 bits per heavy atom. The molecule has 3 rings (SSSR count). The third kappa shape index (κ3) is 8.19. The fraction of sp³-hybridized carbons (Fsp3) is 0.519. The van der Waals surface area contributed by atoms with Crippen molar-refractivity contribution in [3.8, 4) is 5.75 Å². The van der Waals surface area contributed by atoms with E-state index in [9.17, 15) is 19.2 Å². The van der Waals surface area contributed by atoms with Gasteiger partial charge in [0.05, 0.1) is 19.2 Å². The van der Waals surface area contributed by atoms with Gasteiger partial charge in [-0.05, 0) is 52.3 Å². The highest BCUT2D eigenvalue weighted by Crippen LogP contribution is 2.27. The van der Waals surface area contributed by atoms with Gasteiger partial charge in [0.1, 0.15) is 23.1 Å². The quantitative estimate of drug-likeness (QED) is 0.485. The average molecular weight is 563 g/mol. The highest BCUT2D eigenvalue weighted by Gasteiger charge is 2.32. The van der Waals surface area contributed by atoms with E-state index < -0.39 is 29.6 Å². The minimum atomic E-state index is -1.03. The molecule has 2 heterocycles. The number of rotatable bonds is 8. The number of esters is 1. The molecular formula is C27H35ClN4O7. The summed E-state index contributed by atoms with van der Waals surface area (Å²) in [6, 6.07) is 5.51. The van der Waals surface area contributed by atoms with Gasteiger partial charge < -0.3 is 29.3 Å². The number of carbonyl (C=O) groups excluding carboxylic acids is 4. The van der Waals surface area contributed by atoms with Crippen molar-refractivity contribution in [2.75, 3.05) is 39.9 Å². The summed E-state index contributed by atoms with van der Waals surface area (Å²) in [6.45, 7) is 8.36. The molecule has 39 heavy (non-hydrogen) atoms. The molecule has 3 amide bonds. The molecule has 0 bridgehead atoms. The monoisotopic (exact) mass is 562 g/mol. The first-order valence-corrected chi connectivity index (χ1v) is 13.2. The Bertz CT molecular complexity index is 1220. The fourth-order valence-electron chi connectivity index (χ4n) is 4.14. The summed E-state index contributed by atoms with van der Waals surface area (Å²) in [5.74, 6) is -1.04. The Kier molecular flexibility index (Phi) is 9.96. The molecule has 1 aromatic carbocycles. The first-order chi connectivity index (χ1) is 18.4. The van der Waals surface area contributed by atoms with Crippen LogP contribution in [0.25, 0.3) is 10.9 Å². The van der Waals surface area contributed by atoms with Crippen LogP contribution in [0.1, 0.15) is 51.0 Å². The summed E-state index contributed by atoms with van der Waals surface area (Å²) in [7, 11) is 1.48. The Labute approximate surface area is 232 Å². The summed E-state index contributed by atoms with van der Waals surface area (Å²) >= 11 is 6.11. The number of fused-ring (bicyclic) bond motifs is 1. The lowest BCUT2D eigenvalue weighted by Crippen LogP contribution is -2.56. The minimum absolute atomic E-state index is 0.0219. The number of methoxy groups -OCH3 is 1. The van der Waals surface area contributed by atoms with E-state index in [0.717, 1.165) is 0 Å². The maximum atomic E-state index is 13.5. The summed E-state index contributed by atoms with van der Waals surface area (Å²) in [6.07, 6.45) is -0.495. The molecule has 1 N–H and O–H groups in total. The number of nitrogens with zero attached hydrogens (tertiary/aromatic N) is 3. The number of amides is 3. The molecule has 2 aromatic rings. The van der Waals surface area contributed by atoms with E-state index in [2.05, 4.69) is 10.3 Å². The second-order valence-corrected chi connectivity index (χ2v) is 10.5. The second kappa shape index (κ2) is 13.0. The Morgan fingerprint density at radius 2 is 1.74 bits per heavy atom. The van der Waals surface area contributed by atoms with E-state index in [1.165, 1.54) is 18.1 Å². The summed E-state index contributed by atoms with van der Waals surface area (Å²) in [5.41, 5.74) is -0.196. The van der Waals surface area contributed by atoms with Crippen LogP contribution in [0.15, 0.2) is 24.3 Å². The van der Waals surface area contributed by atoms with E-state index in [1.54, 1.807) is 50.8 Å². The van der Waals surface area contributed by atoms with Gasteiger partial charge in [0.25, 0.3) is 5.91 Å². The molecule has 12 heteroatoms. The van der Waals surface area contributed by atoms with Crippen LogP contribution in [0.2, 0.25) is 5.02 Å². The molecule has 1 saturated heterocycles. The number of hydrogen-bond acceptors (Lipinski definition) is 8. The Hall–Kier alpha value is -3.60. The van der Waals surface area contributed by atoms with Gasteiger partial charge in [-0.1, -0.05) is 11.6 Å². The molecule has 11 nitrogen and oxygen atoms in total. The second-order valence-electron chi connectivity index (χ2n) is 10.0. The smallest absolute Gasteiger partial charge is 0.409 e. The first kappa shape index (κ1) is 29.9. The highest BCUT2D eigenvalue weighted by atomic mass is 35.5. The third-order valence-corrected chi connectivity index (χ3v) is 6.20. The number of pyridine rings is 1. The standard InChI is InChI=1S/C27H35ClN4O7/c1-6-38-26(36)32-13-11-31(12-14-32)25(35)19(9-10-23(33)39-27(2,3)4)30-24(34)21-16-22(37-5)18-8-7-17(28)15-20(18)29-21/h7-8,15-16,19H,6,9-14H2,1-5H3,(H,30,34). The van der Waals surface area contributed by atoms with Gasteiger partial charge in [-0.15, -0.1) is 0 Å². The average Bonchev–Trinajstić information content (AvgIpc) is 2.88. The Balaban J connectivity index is 1.79. The molecule has 1 aliphatic heterocycles. The zero-order valence-electron chi connectivity index (χ0n) is 22.9. The van der Waals surface area contributed by atoms with Crippen LogP contribution in [0.3, 0.4) is 0 Å². The highest BCUT2D eigenvalue weighted by molar-refractivity contribution is 6.31. The predicted octanol–water partition coefficient (Wildman–Crippen LogP) is 3.42. The zero-order valence-corrected chi connectivity index (χ0v) is 23.7. The number of aromatic nitrogens is 1. The van der Waals surface area contributed by atoms with Gasteiger partial charge in [-0.2, -0.15) is 0 Å². The molecule has 1 aromatic heterocycles. The summed E-state index contributed by atoms with van der Waals surface area (Å²) in [4.78, 5) is 58.7. The number of piperazine rings is 1. The maximum Gasteiger partial charge on any atom is 0.409 e. The maximum absolute atomic E-state index is 13.5. The molecule has 0 aliphatic carbocycles. The molecule has 1 unspecified atom stereocenters. The molecule has 1 atom stereocenters. The number of benzene rings is 1. The minimum Gasteiger partial charge on any atom is -0.496 e. The van der Waals surface area contributed by atoms with Crippen LogP contribution >= 0.6 is 11.6 Å². The van der Waals surface area contributed by atoms with Crippen molar-refractivity contribution in [1.82, 2.24) is 20.1 Å². The lowest BCUT2D eigenvalue weighted by molar-refractivity contribution is -0.155. The molecule has 212 valence electrons. The van der Waals surface area contributed by atoms with Gasteiger partial charge in [-0.25, -0.2) is 9.78 Å². The molecular weight excluding hydrogens is 528 g/mol. The van der Waals surface area contributed by atoms with Crippen molar-refractivity contribution in [2.24, 2.45) is 0 Å². The van der Waals surface area contributed by atoms with Crippen molar-refractivity contribution in [3.05, 3.63) is 35.0 Å². The number of ether oxygens (including phenoxy) is 3. The topological polar surface area (TPSA) is 127 Å². The van der Waals surface area contributed by atoms with Crippen LogP contribution in [0, 0.1) is 0 Å². The molecule has 1 fully saturated rings. The predicted molar refractivity (Wildman–Crippen MR) is 145 cm³/mol. The van der Waals surface area contributed by atoms with E-state index in [4.69, 9.17) is 25.8 Å². The number of carbonyl (C=O) groups is 4. The summed E-state index contributed by atoms with van der Waals surface area (Å²) < 4.78 is 15.9. The molecule has 0 spiro atoms. The van der Waals surface area contributed by atoms with Crippen molar-refractivity contribution in [1.29, 1.82) is 0 Å². The lowest BCUT2D eigenvalue weighted by atomic mass is 10.1. The van der Waals surface area contributed by atoms with Crippen LogP contribution in [0.5, 0.6) is 5.75 Å². The van der Waals surface area contributed by atoms with Crippen LogP contribution in [0.4, 0.5) is 4.79 Å². The van der Waals surface area contributed by atoms with Gasteiger partial charge in [-0.3, -0.25) is 14.4 Å². The van der Waals surface area contributed by atoms with E-state index in [1.807, 2.05) is 0 Å². The number of halogens is 1. The van der Waals surface area contributed by atoms with Crippen LogP contribution in [-0.2, 0) is 19.1 Å². The van der Waals surface area contributed by atoms with Gasteiger partial charge in [0.2, 0.25) is 5.91 Å². The Morgan fingerprint density at radius 1 is 1.08 bits per heavy atom. The summed E-state index contributed by atoms with van der Waals surface area (Å²) in [5, 5.41) is 3.86.